The van der Waals surface area contributed by atoms with Crippen LogP contribution in [0.15, 0.2) is 53.4 Å². The normalized spacial score (nSPS) is 11.1. The van der Waals surface area contributed by atoms with Crippen LogP contribution >= 0.6 is 11.8 Å². The predicted molar refractivity (Wildman–Crippen MR) is 87.7 cm³/mol. The molecular formula is C17H14F2N2OS. The Kier molecular flexibility index (Phi) is 4.34. The number of aromatic nitrogens is 2. The highest BCUT2D eigenvalue weighted by Gasteiger charge is 2.15. The fraction of sp³-hybridized carbons (Fsp3) is 0.118. The van der Waals surface area contributed by atoms with E-state index in [1.54, 1.807) is 36.4 Å². The maximum atomic E-state index is 12.7. The van der Waals surface area contributed by atoms with Crippen molar-refractivity contribution in [3.8, 4) is 28.3 Å². The predicted octanol–water partition coefficient (Wildman–Crippen LogP) is 5.07. The summed E-state index contributed by atoms with van der Waals surface area (Å²) in [6.07, 6.45) is 0. The summed E-state index contributed by atoms with van der Waals surface area (Å²) in [4.78, 5) is 0.467. The first kappa shape index (κ1) is 15.6. The average Bonchev–Trinajstić information content (AvgIpc) is 2.99. The maximum Gasteiger partial charge on any atom is 0.288 e. The van der Waals surface area contributed by atoms with E-state index >= 15 is 0 Å². The van der Waals surface area contributed by atoms with Crippen LogP contribution in [0.2, 0.25) is 0 Å². The van der Waals surface area contributed by atoms with Crippen LogP contribution in [0.25, 0.3) is 22.5 Å². The van der Waals surface area contributed by atoms with Crippen LogP contribution in [0.5, 0.6) is 5.75 Å². The minimum absolute atomic E-state index is 0.140. The van der Waals surface area contributed by atoms with Gasteiger partial charge in [0.25, 0.3) is 5.76 Å². The first-order valence-electron chi connectivity index (χ1n) is 6.94. The molecule has 0 aliphatic carbocycles. The van der Waals surface area contributed by atoms with Gasteiger partial charge in [-0.25, -0.2) is 0 Å². The number of hydrogen-bond acceptors (Lipinski definition) is 3. The summed E-state index contributed by atoms with van der Waals surface area (Å²) in [6, 6.07) is 13.9. The average molecular weight is 332 g/mol. The topological polar surface area (TPSA) is 48.9 Å². The fourth-order valence-corrected chi connectivity index (χ4v) is 2.99. The van der Waals surface area contributed by atoms with Gasteiger partial charge in [0.2, 0.25) is 0 Å². The highest BCUT2D eigenvalue weighted by molar-refractivity contribution is 7.99. The van der Waals surface area contributed by atoms with E-state index in [9.17, 15) is 13.9 Å². The molecule has 3 aromatic rings. The molecule has 118 valence electrons. The van der Waals surface area contributed by atoms with Gasteiger partial charge in [-0.05, 0) is 31.2 Å². The number of halogens is 2. The number of phenolic OH excluding ortho intramolecular Hbond substituents is 1. The lowest BCUT2D eigenvalue weighted by Crippen LogP contribution is -1.86. The molecule has 1 aromatic heterocycles. The van der Waals surface area contributed by atoms with Crippen LogP contribution in [0.4, 0.5) is 8.78 Å². The van der Waals surface area contributed by atoms with Crippen molar-refractivity contribution < 1.29 is 13.9 Å². The molecule has 2 aromatic carbocycles. The summed E-state index contributed by atoms with van der Waals surface area (Å²) in [5, 5.41) is 17.1. The number of H-pyrrole nitrogens is 1. The molecule has 0 unspecified atom stereocenters. The molecule has 0 saturated heterocycles. The Hall–Kier alpha value is -2.34. The summed E-state index contributed by atoms with van der Waals surface area (Å²) >= 11 is 0.494. The van der Waals surface area contributed by atoms with Gasteiger partial charge in [-0.1, -0.05) is 41.6 Å². The maximum absolute atomic E-state index is 12.7. The van der Waals surface area contributed by atoms with E-state index < -0.39 is 5.76 Å². The number of aryl methyl sites for hydroxylation is 1. The minimum Gasteiger partial charge on any atom is -0.507 e. The van der Waals surface area contributed by atoms with Crippen LogP contribution in [0.3, 0.4) is 0 Å². The first-order valence-corrected chi connectivity index (χ1v) is 7.82. The highest BCUT2D eigenvalue weighted by Crippen LogP contribution is 2.36. The molecular weight excluding hydrogens is 318 g/mol. The molecule has 3 nitrogen and oxygen atoms in total. The van der Waals surface area contributed by atoms with Crippen molar-refractivity contribution in [2.75, 3.05) is 0 Å². The Morgan fingerprint density at radius 3 is 2.65 bits per heavy atom. The van der Waals surface area contributed by atoms with Crippen LogP contribution in [0.1, 0.15) is 5.56 Å². The van der Waals surface area contributed by atoms with Crippen LogP contribution in [0, 0.1) is 6.92 Å². The lowest BCUT2D eigenvalue weighted by Gasteiger charge is -2.05. The van der Waals surface area contributed by atoms with E-state index in [2.05, 4.69) is 10.2 Å². The zero-order chi connectivity index (χ0) is 16.4. The molecule has 1 heterocycles. The number of thioether (sulfide) groups is 1. The smallest absolute Gasteiger partial charge is 0.288 e. The van der Waals surface area contributed by atoms with Crippen molar-refractivity contribution in [1.29, 1.82) is 0 Å². The molecule has 0 spiro atoms. The largest absolute Gasteiger partial charge is 0.507 e. The first-order chi connectivity index (χ1) is 11.0. The Bertz CT molecular complexity index is 833. The van der Waals surface area contributed by atoms with E-state index in [1.807, 2.05) is 19.1 Å². The molecule has 0 aliphatic rings. The molecule has 0 saturated carbocycles. The van der Waals surface area contributed by atoms with Gasteiger partial charge in [0.15, 0.2) is 0 Å². The van der Waals surface area contributed by atoms with Gasteiger partial charge in [-0.2, -0.15) is 13.9 Å². The lowest BCUT2D eigenvalue weighted by molar-refractivity contribution is 0.252. The minimum atomic E-state index is -2.49. The Labute approximate surface area is 136 Å². The highest BCUT2D eigenvalue weighted by atomic mass is 32.2. The van der Waals surface area contributed by atoms with E-state index in [0.29, 0.717) is 39.2 Å². The van der Waals surface area contributed by atoms with Gasteiger partial charge < -0.3 is 5.11 Å². The number of phenols is 1. The third-order valence-electron chi connectivity index (χ3n) is 3.40. The van der Waals surface area contributed by atoms with Crippen molar-refractivity contribution in [3.05, 3.63) is 54.1 Å². The van der Waals surface area contributed by atoms with Crippen LogP contribution in [-0.2, 0) is 0 Å². The zero-order valence-electron chi connectivity index (χ0n) is 12.3. The second-order valence-corrected chi connectivity index (χ2v) is 6.09. The molecule has 0 amide bonds. The molecule has 0 fully saturated rings. The van der Waals surface area contributed by atoms with Crippen LogP contribution < -0.4 is 0 Å². The summed E-state index contributed by atoms with van der Waals surface area (Å²) in [5.74, 6) is -2.35. The molecule has 0 atom stereocenters. The standard InChI is InChI=1S/C17H14F2N2OS/c1-10-6-7-15(22)12(8-10)14-9-13(20-21-14)11-4-2-3-5-16(11)23-17(18)19/h2-9,17,22H,1H3,(H,20,21). The number of aromatic amines is 1. The second kappa shape index (κ2) is 6.42. The third kappa shape index (κ3) is 3.37. The third-order valence-corrected chi connectivity index (χ3v) is 4.19. The number of alkyl halides is 2. The number of benzene rings is 2. The van der Waals surface area contributed by atoms with Gasteiger partial charge in [-0.15, -0.1) is 0 Å². The van der Waals surface area contributed by atoms with Crippen molar-refractivity contribution in [2.45, 2.75) is 17.6 Å². The van der Waals surface area contributed by atoms with Gasteiger partial charge in [0.05, 0.1) is 11.4 Å². The Morgan fingerprint density at radius 2 is 1.87 bits per heavy atom. The van der Waals surface area contributed by atoms with Gasteiger partial charge in [0, 0.05) is 16.0 Å². The molecule has 0 radical (unpaired) electrons. The SMILES string of the molecule is Cc1ccc(O)c(-c2cc(-c3ccccc3SC(F)F)n[nH]2)c1. The number of aromatic hydroxyl groups is 1. The fourth-order valence-electron chi connectivity index (χ4n) is 2.34. The molecule has 6 heteroatoms. The summed E-state index contributed by atoms with van der Waals surface area (Å²) in [5.41, 5.74) is 3.46. The van der Waals surface area contributed by atoms with Crippen molar-refractivity contribution in [3.63, 3.8) is 0 Å². The number of rotatable bonds is 4. The molecule has 23 heavy (non-hydrogen) atoms. The number of hydrogen-bond donors (Lipinski definition) is 2. The lowest BCUT2D eigenvalue weighted by atomic mass is 10.1. The number of nitrogens with zero attached hydrogens (tertiary/aromatic N) is 1. The quantitative estimate of drug-likeness (QED) is 0.656. The van der Waals surface area contributed by atoms with E-state index in [-0.39, 0.29) is 5.75 Å². The van der Waals surface area contributed by atoms with Crippen molar-refractivity contribution in [2.24, 2.45) is 0 Å². The van der Waals surface area contributed by atoms with E-state index in [0.717, 1.165) is 5.56 Å². The van der Waals surface area contributed by atoms with Gasteiger partial charge in [-0.3, -0.25) is 5.10 Å². The molecule has 0 aliphatic heterocycles. The molecule has 2 N–H and O–H groups in total. The molecule has 0 bridgehead atoms. The van der Waals surface area contributed by atoms with E-state index in [4.69, 9.17) is 0 Å². The van der Waals surface area contributed by atoms with E-state index in [1.165, 1.54) is 0 Å². The van der Waals surface area contributed by atoms with Crippen molar-refractivity contribution in [1.82, 2.24) is 10.2 Å². The number of nitrogens with one attached hydrogen (secondary N) is 1. The summed E-state index contributed by atoms with van der Waals surface area (Å²) in [7, 11) is 0. The zero-order valence-corrected chi connectivity index (χ0v) is 13.1. The summed E-state index contributed by atoms with van der Waals surface area (Å²) < 4.78 is 25.4. The monoisotopic (exact) mass is 332 g/mol. The Balaban J connectivity index is 2.01. The van der Waals surface area contributed by atoms with Crippen molar-refractivity contribution >= 4 is 11.8 Å². The second-order valence-electron chi connectivity index (χ2n) is 5.06. The van der Waals surface area contributed by atoms with Gasteiger partial charge in [0.1, 0.15) is 5.75 Å². The molecule has 3 rings (SSSR count). The summed E-state index contributed by atoms with van der Waals surface area (Å²) in [6.45, 7) is 1.93. The van der Waals surface area contributed by atoms with Gasteiger partial charge >= 0.3 is 0 Å². The Morgan fingerprint density at radius 1 is 1.09 bits per heavy atom. The van der Waals surface area contributed by atoms with Crippen LogP contribution in [-0.4, -0.2) is 21.1 Å².